The van der Waals surface area contributed by atoms with Crippen LogP contribution >= 0.6 is 0 Å². The Kier molecular flexibility index (Phi) is 8.12. The summed E-state index contributed by atoms with van der Waals surface area (Å²) < 4.78 is 16.4. The highest BCUT2D eigenvalue weighted by Crippen LogP contribution is 2.26. The molecule has 0 bridgehead atoms. The highest BCUT2D eigenvalue weighted by molar-refractivity contribution is 5.91. The number of benzene rings is 1. The van der Waals surface area contributed by atoms with E-state index < -0.39 is 0 Å². The Morgan fingerprint density at radius 3 is 3.03 bits per heavy atom. The highest BCUT2D eigenvalue weighted by Gasteiger charge is 2.31. The summed E-state index contributed by atoms with van der Waals surface area (Å²) >= 11 is 0. The van der Waals surface area contributed by atoms with E-state index in [9.17, 15) is 4.79 Å². The van der Waals surface area contributed by atoms with Crippen LogP contribution in [0, 0.1) is 5.92 Å². The van der Waals surface area contributed by atoms with Crippen molar-refractivity contribution >= 4 is 22.6 Å². The van der Waals surface area contributed by atoms with Crippen LogP contribution in [-0.2, 0) is 19.0 Å². The molecule has 0 amide bonds. The second-order valence-corrected chi connectivity index (χ2v) is 7.42. The minimum atomic E-state index is -0.276. The van der Waals surface area contributed by atoms with Crippen molar-refractivity contribution in [3.05, 3.63) is 42.6 Å². The van der Waals surface area contributed by atoms with Gasteiger partial charge in [-0.25, -0.2) is 5.84 Å². The molecule has 8 heteroatoms. The summed E-state index contributed by atoms with van der Waals surface area (Å²) in [7, 11) is 1.41. The Labute approximate surface area is 177 Å². The summed E-state index contributed by atoms with van der Waals surface area (Å²) in [4.78, 5) is 11.2. The van der Waals surface area contributed by atoms with E-state index in [1.54, 1.807) is 11.2 Å². The van der Waals surface area contributed by atoms with Gasteiger partial charge in [-0.05, 0) is 26.2 Å². The number of esters is 1. The normalized spacial score (nSPS) is 21.8. The minimum Gasteiger partial charge on any atom is -0.469 e. The molecule has 3 atom stereocenters. The number of ether oxygens (including phenoxy) is 3. The molecule has 30 heavy (non-hydrogen) atoms. The fourth-order valence-electron chi connectivity index (χ4n) is 3.54. The topological polar surface area (TPSA) is 99.8 Å². The molecule has 3 rings (SSSR count). The average Bonchev–Trinajstić information content (AvgIpc) is 2.76. The van der Waals surface area contributed by atoms with Crippen molar-refractivity contribution in [2.75, 3.05) is 25.3 Å². The van der Waals surface area contributed by atoms with Gasteiger partial charge in [0, 0.05) is 23.1 Å². The highest BCUT2D eigenvalue weighted by atomic mass is 16.7. The summed E-state index contributed by atoms with van der Waals surface area (Å²) in [6.45, 7) is 2.98. The Morgan fingerprint density at radius 1 is 1.37 bits per heavy atom. The third kappa shape index (κ3) is 5.98. The largest absolute Gasteiger partial charge is 0.469 e. The minimum absolute atomic E-state index is 0.0979. The van der Waals surface area contributed by atoms with Crippen LogP contribution in [0.1, 0.15) is 32.6 Å². The molecule has 1 aromatic carbocycles. The van der Waals surface area contributed by atoms with Crippen LogP contribution in [0.5, 0.6) is 0 Å². The molecule has 1 saturated heterocycles. The van der Waals surface area contributed by atoms with Crippen molar-refractivity contribution in [1.29, 1.82) is 0 Å². The number of hydrogen-bond acceptors (Lipinski definition) is 8. The monoisotopic (exact) mass is 414 g/mol. The fourth-order valence-corrected chi connectivity index (χ4v) is 3.54. The first kappa shape index (κ1) is 22.1. The van der Waals surface area contributed by atoms with Crippen molar-refractivity contribution in [3.8, 4) is 0 Å². The molecule has 1 aromatic heterocycles. The quantitative estimate of drug-likeness (QED) is 0.220. The summed E-state index contributed by atoms with van der Waals surface area (Å²) in [6, 6.07) is 7.90. The number of aromatic nitrogens is 2. The maximum Gasteiger partial charge on any atom is 0.305 e. The average molecular weight is 415 g/mol. The third-order valence-corrected chi connectivity index (χ3v) is 5.22. The molecule has 2 aromatic rings. The lowest BCUT2D eigenvalue weighted by atomic mass is 9.97. The molecule has 0 radical (unpaired) electrons. The Hall–Kier alpha value is -2.55. The van der Waals surface area contributed by atoms with Crippen LogP contribution in [0.2, 0.25) is 0 Å². The molecule has 0 saturated carbocycles. The van der Waals surface area contributed by atoms with Gasteiger partial charge in [-0.15, -0.1) is 5.10 Å². The zero-order valence-corrected chi connectivity index (χ0v) is 17.6. The number of nitrogens with zero attached hydrogens (tertiary/aromatic N) is 3. The molecule has 1 aliphatic heterocycles. The summed E-state index contributed by atoms with van der Waals surface area (Å²) in [5.74, 6) is 7.01. The number of nitrogens with two attached hydrogens (primary N) is 1. The van der Waals surface area contributed by atoms with Gasteiger partial charge in [0.15, 0.2) is 12.1 Å². The summed E-state index contributed by atoms with van der Waals surface area (Å²) in [5.41, 5.74) is 0. The van der Waals surface area contributed by atoms with Crippen LogP contribution in [0.4, 0.5) is 5.82 Å². The van der Waals surface area contributed by atoms with Crippen LogP contribution in [-0.4, -0.2) is 48.8 Å². The first-order chi connectivity index (χ1) is 14.6. The Balaban J connectivity index is 1.59. The van der Waals surface area contributed by atoms with Gasteiger partial charge >= 0.3 is 5.97 Å². The Bertz CT molecular complexity index is 855. The van der Waals surface area contributed by atoms with Crippen molar-refractivity contribution in [3.63, 3.8) is 0 Å². The number of fused-ring (bicyclic) bond motifs is 1. The van der Waals surface area contributed by atoms with Gasteiger partial charge in [0.2, 0.25) is 0 Å². The van der Waals surface area contributed by atoms with Crippen molar-refractivity contribution in [2.24, 2.45) is 11.8 Å². The van der Waals surface area contributed by atoms with E-state index >= 15 is 0 Å². The van der Waals surface area contributed by atoms with Crippen molar-refractivity contribution < 1.29 is 19.0 Å². The number of allylic oxidation sites excluding steroid dienone is 2. The number of anilines is 1. The van der Waals surface area contributed by atoms with Gasteiger partial charge in [-0.1, -0.05) is 36.4 Å². The number of carbonyl (C=O) groups excluding carboxylic acids is 1. The number of rotatable bonds is 9. The number of unbranched alkanes of at least 4 members (excludes halogenated alkanes) is 1. The molecule has 0 aliphatic carbocycles. The molecule has 162 valence electrons. The molecule has 1 fully saturated rings. The zero-order chi connectivity index (χ0) is 21.3. The zero-order valence-electron chi connectivity index (χ0n) is 17.6. The molecular weight excluding hydrogens is 384 g/mol. The van der Waals surface area contributed by atoms with Gasteiger partial charge in [0.1, 0.15) is 0 Å². The molecule has 0 unspecified atom stereocenters. The van der Waals surface area contributed by atoms with E-state index in [0.717, 1.165) is 30.0 Å². The third-order valence-electron chi connectivity index (χ3n) is 5.22. The standard InChI is InChI=1S/C22H30N4O4/c1-16-29-15-18(10-5-3-4-6-12-21(27)28-2)20(30-16)14-26(23)22-19-11-8-7-9-17(19)13-24-25-22/h3,5,7-9,11,13,16,18,20H,4,6,10,12,14-15,23H2,1-2H3/b5-3-/t16-,18+,20+/m1/s1. The van der Waals surface area contributed by atoms with Crippen LogP contribution in [0.3, 0.4) is 0 Å². The van der Waals surface area contributed by atoms with E-state index in [-0.39, 0.29) is 24.3 Å². The molecule has 1 aliphatic rings. The predicted molar refractivity (Wildman–Crippen MR) is 114 cm³/mol. The van der Waals surface area contributed by atoms with Crippen LogP contribution in [0.15, 0.2) is 42.6 Å². The SMILES string of the molecule is COC(=O)CCC/C=C\C[C@H]1CO[C@@H](C)O[C@H]1CN(N)c1nncc2ccccc12. The molecular formula is C22H30N4O4. The van der Waals surface area contributed by atoms with Crippen LogP contribution in [0.25, 0.3) is 10.8 Å². The number of hydrazine groups is 1. The summed E-state index contributed by atoms with van der Waals surface area (Å²) in [6.07, 6.45) is 8.42. The maximum atomic E-state index is 11.2. The Morgan fingerprint density at radius 2 is 2.20 bits per heavy atom. The van der Waals surface area contributed by atoms with Crippen molar-refractivity contribution in [1.82, 2.24) is 10.2 Å². The number of methoxy groups -OCH3 is 1. The smallest absolute Gasteiger partial charge is 0.305 e. The number of hydrogen-bond donors (Lipinski definition) is 1. The van der Waals surface area contributed by atoms with E-state index in [4.69, 9.17) is 15.3 Å². The fraction of sp³-hybridized carbons (Fsp3) is 0.500. The van der Waals surface area contributed by atoms with E-state index in [0.29, 0.717) is 25.4 Å². The van der Waals surface area contributed by atoms with Gasteiger partial charge in [-0.3, -0.25) is 9.80 Å². The van der Waals surface area contributed by atoms with E-state index in [1.165, 1.54) is 7.11 Å². The van der Waals surface area contributed by atoms with Gasteiger partial charge < -0.3 is 14.2 Å². The summed E-state index contributed by atoms with van der Waals surface area (Å²) in [5, 5.41) is 11.9. The van der Waals surface area contributed by atoms with E-state index in [2.05, 4.69) is 27.1 Å². The molecule has 8 nitrogen and oxygen atoms in total. The van der Waals surface area contributed by atoms with E-state index in [1.807, 2.05) is 31.2 Å². The lowest BCUT2D eigenvalue weighted by Gasteiger charge is -2.37. The predicted octanol–water partition coefficient (Wildman–Crippen LogP) is 2.98. The molecule has 2 heterocycles. The van der Waals surface area contributed by atoms with Gasteiger partial charge in [-0.2, -0.15) is 5.10 Å². The second kappa shape index (κ2) is 11.0. The first-order valence-electron chi connectivity index (χ1n) is 10.3. The maximum absolute atomic E-state index is 11.2. The van der Waals surface area contributed by atoms with Gasteiger partial charge in [0.05, 0.1) is 32.6 Å². The number of carbonyl (C=O) groups is 1. The van der Waals surface area contributed by atoms with Crippen LogP contribution < -0.4 is 10.9 Å². The van der Waals surface area contributed by atoms with Crippen molar-refractivity contribution in [2.45, 2.75) is 45.0 Å². The molecule has 0 spiro atoms. The lowest BCUT2D eigenvalue weighted by molar-refractivity contribution is -0.224. The van der Waals surface area contributed by atoms with Gasteiger partial charge in [0.25, 0.3) is 0 Å². The lowest BCUT2D eigenvalue weighted by Crippen LogP contribution is -2.48. The molecule has 2 N–H and O–H groups in total. The first-order valence-corrected chi connectivity index (χ1v) is 10.3. The second-order valence-electron chi connectivity index (χ2n) is 7.42.